The Morgan fingerprint density at radius 3 is 2.64 bits per heavy atom. The van der Waals surface area contributed by atoms with Gasteiger partial charge < -0.3 is 19.1 Å². The monoisotopic (exact) mass is 569 g/mol. The number of H-pyrrole nitrogens is 1. The highest BCUT2D eigenvalue weighted by atomic mass is 31.2. The minimum atomic E-state index is -4.35. The van der Waals surface area contributed by atoms with Crippen molar-refractivity contribution in [2.24, 2.45) is 0 Å². The van der Waals surface area contributed by atoms with Gasteiger partial charge in [0.05, 0.1) is 12.7 Å². The van der Waals surface area contributed by atoms with Crippen molar-refractivity contribution in [2.45, 2.75) is 83.2 Å². The number of rotatable bonds is 11. The number of aliphatic hydroxyl groups excluding tert-OH is 1. The number of esters is 1. The minimum Gasteiger partial charge on any atom is -0.462 e. The summed E-state index contributed by atoms with van der Waals surface area (Å²) in [7, 11) is -4.35. The second-order valence-electron chi connectivity index (χ2n) is 10.0. The zero-order valence-corrected chi connectivity index (χ0v) is 22.9. The van der Waals surface area contributed by atoms with Gasteiger partial charge in [0.25, 0.3) is 5.56 Å². The number of nitrogens with one attached hydrogen (secondary N) is 2. The number of alkyl halides is 1. The molecule has 3 N–H and O–H groups in total. The number of aromatic nitrogens is 2. The molecule has 0 spiro atoms. The van der Waals surface area contributed by atoms with Crippen LogP contribution in [0.3, 0.4) is 0 Å². The average molecular weight is 570 g/mol. The van der Waals surface area contributed by atoms with E-state index in [9.17, 15) is 28.4 Å². The molecule has 4 rings (SSSR count). The third-order valence-corrected chi connectivity index (χ3v) is 7.97. The molecule has 1 aliphatic heterocycles. The lowest BCUT2D eigenvalue weighted by atomic mass is 10.1. The molecular weight excluding hydrogens is 536 g/mol. The highest BCUT2D eigenvalue weighted by Crippen LogP contribution is 2.52. The number of para-hydroxylation sites is 1. The van der Waals surface area contributed by atoms with Crippen molar-refractivity contribution >= 4 is 13.7 Å². The summed E-state index contributed by atoms with van der Waals surface area (Å²) < 4.78 is 52.1. The Morgan fingerprint density at radius 2 is 2.00 bits per heavy atom. The summed E-state index contributed by atoms with van der Waals surface area (Å²) in [5.74, 6) is -0.113. The maximum atomic E-state index is 14.9. The molecule has 0 radical (unpaired) electrons. The molecule has 214 valence electrons. The Labute approximate surface area is 224 Å². The maximum absolute atomic E-state index is 14.9. The predicted molar refractivity (Wildman–Crippen MR) is 137 cm³/mol. The lowest BCUT2D eigenvalue weighted by molar-refractivity contribution is -0.149. The van der Waals surface area contributed by atoms with Crippen molar-refractivity contribution in [3.63, 3.8) is 0 Å². The van der Waals surface area contributed by atoms with E-state index in [0.717, 1.165) is 35.2 Å². The first-order valence-corrected chi connectivity index (χ1v) is 14.2. The van der Waals surface area contributed by atoms with E-state index >= 15 is 0 Å². The lowest BCUT2D eigenvalue weighted by Gasteiger charge is -2.26. The molecule has 1 saturated heterocycles. The van der Waals surface area contributed by atoms with Crippen molar-refractivity contribution in [3.05, 3.63) is 62.4 Å². The van der Waals surface area contributed by atoms with E-state index in [1.165, 1.54) is 6.92 Å². The molecule has 0 bridgehead atoms. The van der Waals surface area contributed by atoms with Gasteiger partial charge in [0.15, 0.2) is 12.4 Å². The van der Waals surface area contributed by atoms with E-state index in [1.807, 2.05) is 17.1 Å². The second-order valence-corrected chi connectivity index (χ2v) is 11.7. The fraction of sp³-hybridized carbons (Fsp3) is 0.560. The number of aryl methyl sites for hydroxylation is 1. The molecule has 2 fully saturated rings. The molecule has 1 aromatic carbocycles. The third kappa shape index (κ3) is 6.85. The van der Waals surface area contributed by atoms with Crippen LogP contribution >= 0.6 is 7.75 Å². The molecule has 0 amide bonds. The van der Waals surface area contributed by atoms with E-state index in [0.29, 0.717) is 11.3 Å². The van der Waals surface area contributed by atoms with Crippen LogP contribution in [0, 0.1) is 6.92 Å². The normalized spacial score (nSPS) is 25.3. The van der Waals surface area contributed by atoms with Gasteiger partial charge in [-0.3, -0.25) is 23.7 Å². The van der Waals surface area contributed by atoms with Crippen LogP contribution < -0.4 is 20.9 Å². The number of hydrogen-bond donors (Lipinski definition) is 3. The fourth-order valence-corrected chi connectivity index (χ4v) is 5.81. The van der Waals surface area contributed by atoms with Gasteiger partial charge in [-0.1, -0.05) is 18.2 Å². The summed E-state index contributed by atoms with van der Waals surface area (Å²) in [6.45, 7) is 5.94. The van der Waals surface area contributed by atoms with Gasteiger partial charge in [0.1, 0.15) is 24.0 Å². The summed E-state index contributed by atoms with van der Waals surface area (Å²) in [6.07, 6.45) is -4.23. The van der Waals surface area contributed by atoms with Crippen molar-refractivity contribution in [3.8, 4) is 5.75 Å². The SMILES string of the molecule is Cc1cccc(C2CC2)c1OP(=O)(N[C@@H](C)C(=O)OC(C)C)OC[C@H]1O[C@@H](n2ccc(=O)[nH]c2=O)[C@H](F)[C@@H]1O. The Morgan fingerprint density at radius 1 is 1.28 bits per heavy atom. The molecule has 6 atom stereocenters. The number of ether oxygens (including phenoxy) is 2. The number of halogens is 1. The summed E-state index contributed by atoms with van der Waals surface area (Å²) in [4.78, 5) is 37.9. The van der Waals surface area contributed by atoms with Crippen LogP contribution in [-0.4, -0.2) is 57.8 Å². The van der Waals surface area contributed by atoms with Crippen molar-refractivity contribution < 1.29 is 37.4 Å². The summed E-state index contributed by atoms with van der Waals surface area (Å²) in [5, 5.41) is 13.0. The van der Waals surface area contributed by atoms with E-state index < -0.39 is 68.3 Å². The van der Waals surface area contributed by atoms with Crippen molar-refractivity contribution in [2.75, 3.05) is 6.61 Å². The summed E-state index contributed by atoms with van der Waals surface area (Å²) >= 11 is 0. The van der Waals surface area contributed by atoms with E-state index in [-0.39, 0.29) is 5.92 Å². The molecule has 12 nitrogen and oxygen atoms in total. The molecule has 1 aliphatic carbocycles. The van der Waals surface area contributed by atoms with E-state index in [4.69, 9.17) is 18.5 Å². The Bertz CT molecular complexity index is 1360. The van der Waals surface area contributed by atoms with Crippen LogP contribution in [0.2, 0.25) is 0 Å². The molecule has 2 heterocycles. The van der Waals surface area contributed by atoms with Crippen molar-refractivity contribution in [1.82, 2.24) is 14.6 Å². The highest BCUT2D eigenvalue weighted by molar-refractivity contribution is 7.52. The summed E-state index contributed by atoms with van der Waals surface area (Å²) in [5.41, 5.74) is -0.0668. The lowest BCUT2D eigenvalue weighted by Crippen LogP contribution is -2.38. The number of benzene rings is 1. The molecule has 1 aromatic heterocycles. The Hall–Kier alpha value is -2.83. The zero-order valence-electron chi connectivity index (χ0n) is 22.0. The number of carbonyl (C=O) groups excluding carboxylic acids is 1. The van der Waals surface area contributed by atoms with Crippen LogP contribution in [0.5, 0.6) is 5.75 Å². The standard InChI is InChI=1S/C25H33FN3O9P/c1-13(2)36-24(32)15(4)28-39(34,38-22-14(3)6-5-7-17(22)16-8-9-16)35-12-18-21(31)20(26)23(37-18)29-11-10-19(30)27-25(29)33/h5-7,10-11,13,15-16,18,20-21,23,31H,8-9,12H2,1-4H3,(H,28,34)(H,27,30,33)/t15-,18+,20+,21+,23+,39?/m0/s1. The predicted octanol–water partition coefficient (Wildman–Crippen LogP) is 2.45. The summed E-state index contributed by atoms with van der Waals surface area (Å²) in [6, 6.07) is 5.41. The molecular formula is C25H33FN3O9P. The van der Waals surface area contributed by atoms with Gasteiger partial charge >= 0.3 is 19.4 Å². The number of carbonyl (C=O) groups is 1. The fourth-order valence-electron chi connectivity index (χ4n) is 4.21. The molecule has 1 unspecified atom stereocenters. The van der Waals surface area contributed by atoms with E-state index in [1.54, 1.807) is 26.8 Å². The zero-order chi connectivity index (χ0) is 28.5. The Kier molecular flexibility index (Phi) is 8.77. The van der Waals surface area contributed by atoms with Crippen LogP contribution in [0.1, 0.15) is 56.9 Å². The first-order chi connectivity index (χ1) is 18.4. The number of hydrogen-bond acceptors (Lipinski definition) is 9. The molecule has 14 heteroatoms. The Balaban J connectivity index is 1.56. The minimum absolute atomic E-state index is 0.236. The molecule has 1 saturated carbocycles. The van der Waals surface area contributed by atoms with Gasteiger partial charge in [-0.2, -0.15) is 5.09 Å². The van der Waals surface area contributed by atoms with Crippen LogP contribution in [0.4, 0.5) is 4.39 Å². The van der Waals surface area contributed by atoms with Crippen LogP contribution in [0.25, 0.3) is 0 Å². The van der Waals surface area contributed by atoms with Gasteiger partial charge in [0.2, 0.25) is 0 Å². The number of aromatic amines is 1. The maximum Gasteiger partial charge on any atom is 0.459 e. The van der Waals surface area contributed by atoms with E-state index in [2.05, 4.69) is 5.09 Å². The van der Waals surface area contributed by atoms with Gasteiger partial charge in [-0.15, -0.1) is 0 Å². The largest absolute Gasteiger partial charge is 0.462 e. The third-order valence-electron chi connectivity index (χ3n) is 6.36. The van der Waals surface area contributed by atoms with Gasteiger partial charge in [-0.05, 0) is 57.6 Å². The van der Waals surface area contributed by atoms with Crippen LogP contribution in [0.15, 0.2) is 40.1 Å². The topological polar surface area (TPSA) is 158 Å². The van der Waals surface area contributed by atoms with Crippen molar-refractivity contribution in [1.29, 1.82) is 0 Å². The first-order valence-electron chi connectivity index (χ1n) is 12.7. The average Bonchev–Trinajstić information content (AvgIpc) is 3.66. The second kappa shape index (κ2) is 11.7. The van der Waals surface area contributed by atoms with Gasteiger partial charge in [-0.25, -0.2) is 13.8 Å². The molecule has 39 heavy (non-hydrogen) atoms. The van der Waals surface area contributed by atoms with Crippen LogP contribution in [-0.2, 0) is 23.4 Å². The molecule has 2 aliphatic rings. The van der Waals surface area contributed by atoms with Gasteiger partial charge in [0, 0.05) is 12.3 Å². The quantitative estimate of drug-likeness (QED) is 0.271. The number of aliphatic hydroxyl groups is 1. The smallest absolute Gasteiger partial charge is 0.459 e. The first kappa shape index (κ1) is 29.2. The highest BCUT2D eigenvalue weighted by Gasteiger charge is 2.47. The molecule has 2 aromatic rings. The number of nitrogens with zero attached hydrogens (tertiary/aromatic N) is 1.